The van der Waals surface area contributed by atoms with Gasteiger partial charge >= 0.3 is 0 Å². The Morgan fingerprint density at radius 2 is 1.01 bits per heavy atom. The number of primary amides is 3. The standard InChI is InChI=1S/C63H98N18O13S/c1-37(2)33-45(57(89)74-41(53(68)85)27-32-95-3)73-52(84)36-72-54(86)46(34-38-15-6-4-7-16-38)78-58(90)47(35-39-17-8-5-9-18-39)79-56(88)42(23-25-50(66)82)75-55(87)43(24-26-51(67)83)76-59(91)49-22-14-31-81(49)62(94)44(20-10-11-28-64)77-60(92)48-21-13-30-80(48)61(93)40(65)19-12-29-71-63(69)70/h4-9,15-18,37,40-49H,10-14,19-36,64-65H2,1-3H3,(H2,66,82)(H2,67,83)(H2,68,85)(H,72,86)(H,73,84)(H,74,89)(H,75,87)(H,76,91)(H,77,92)(H,78,90)(H,79,88)(H4,69,70,71)/t40-,41-,42-,43+,44+,45-,46-,47-,48+,49-/m0/s1. The molecule has 0 bridgehead atoms. The molecule has 2 aromatic rings. The van der Waals surface area contributed by atoms with Crippen LogP contribution in [0.3, 0.4) is 0 Å². The molecular weight excluding hydrogens is 1250 g/mol. The monoisotopic (exact) mass is 1350 g/mol. The molecule has 2 saturated heterocycles. The van der Waals surface area contributed by atoms with E-state index in [1.54, 1.807) is 60.7 Å². The molecule has 31 nitrogen and oxygen atoms in total. The first-order chi connectivity index (χ1) is 45.2. The van der Waals surface area contributed by atoms with Crippen LogP contribution < -0.4 is 82.7 Å². The molecule has 0 radical (unpaired) electrons. The SMILES string of the molecule is CSCC[C@H](NC(=O)[C@H](CC(C)C)NC(=O)CNC(=O)[C@H](Cc1ccccc1)NC(=O)[C@H](Cc1ccccc1)NC(=O)[C@H](CCC(N)=O)NC(=O)[C@@H](CCC(N)=O)NC(=O)[C@@H]1CCCN1C(=O)[C@@H](CCCCN)NC(=O)[C@H]1CCCN1C(=O)[C@@H](N)CCCN=C(N)N)C(N)=O. The zero-order chi connectivity index (χ0) is 70.1. The quantitative estimate of drug-likeness (QED) is 0.0173. The first-order valence-corrected chi connectivity index (χ1v) is 33.6. The highest BCUT2D eigenvalue weighted by Crippen LogP contribution is 2.24. The van der Waals surface area contributed by atoms with Crippen LogP contribution in [-0.2, 0) is 75.2 Å². The minimum Gasteiger partial charge on any atom is -0.370 e. The van der Waals surface area contributed by atoms with Crippen LogP contribution in [-0.4, -0.2) is 198 Å². The van der Waals surface area contributed by atoms with E-state index in [4.69, 9.17) is 40.1 Å². The topological polar surface area (TPSA) is 519 Å². The van der Waals surface area contributed by atoms with Crippen LogP contribution in [0, 0.1) is 5.92 Å². The average molecular weight is 1350 g/mol. The summed E-state index contributed by atoms with van der Waals surface area (Å²) in [6.07, 6.45) is 3.12. The molecule has 10 atom stereocenters. The Morgan fingerprint density at radius 3 is 1.51 bits per heavy atom. The second kappa shape index (κ2) is 41.0. The summed E-state index contributed by atoms with van der Waals surface area (Å²) in [5, 5.41) is 21.1. The molecule has 22 N–H and O–H groups in total. The molecular formula is C63H98N18O13S. The number of thioether (sulfide) groups is 1. The maximum absolute atomic E-state index is 14.7. The molecule has 4 rings (SSSR count). The summed E-state index contributed by atoms with van der Waals surface area (Å²) in [5.74, 6) is -9.80. The third kappa shape index (κ3) is 27.5. The van der Waals surface area contributed by atoms with Crippen molar-refractivity contribution >= 4 is 94.5 Å². The van der Waals surface area contributed by atoms with Gasteiger partial charge < -0.3 is 92.5 Å². The van der Waals surface area contributed by atoms with Crippen LogP contribution in [0.2, 0.25) is 0 Å². The van der Waals surface area contributed by atoms with Crippen molar-refractivity contribution in [2.24, 2.45) is 51.0 Å². The fraction of sp³-hybridized carbons (Fsp3) is 0.587. The molecule has 524 valence electrons. The smallest absolute Gasteiger partial charge is 0.245 e. The van der Waals surface area contributed by atoms with Gasteiger partial charge in [0.25, 0.3) is 0 Å². The zero-order valence-corrected chi connectivity index (χ0v) is 55.3. The molecule has 0 saturated carbocycles. The Balaban J connectivity index is 1.56. The van der Waals surface area contributed by atoms with Crippen LogP contribution in [0.1, 0.15) is 121 Å². The van der Waals surface area contributed by atoms with Crippen molar-refractivity contribution in [3.63, 3.8) is 0 Å². The van der Waals surface area contributed by atoms with Gasteiger partial charge in [-0.3, -0.25) is 67.3 Å². The number of likely N-dealkylation sites (tertiary alicyclic amines) is 2. The number of nitrogens with one attached hydrogen (secondary N) is 8. The number of nitrogens with zero attached hydrogens (tertiary/aromatic N) is 3. The van der Waals surface area contributed by atoms with E-state index in [1.165, 1.54) is 21.6 Å². The van der Waals surface area contributed by atoms with E-state index in [1.807, 2.05) is 20.1 Å². The average Bonchev–Trinajstić information content (AvgIpc) is 1.74. The van der Waals surface area contributed by atoms with Gasteiger partial charge in [-0.15, -0.1) is 0 Å². The molecule has 0 aliphatic carbocycles. The van der Waals surface area contributed by atoms with E-state index < -0.39 is 169 Å². The van der Waals surface area contributed by atoms with Crippen molar-refractivity contribution in [3.05, 3.63) is 71.8 Å². The number of rotatable bonds is 42. The van der Waals surface area contributed by atoms with Crippen LogP contribution >= 0.6 is 11.8 Å². The van der Waals surface area contributed by atoms with E-state index in [9.17, 15) is 62.3 Å². The van der Waals surface area contributed by atoms with Crippen LogP contribution in [0.5, 0.6) is 0 Å². The molecule has 32 heteroatoms. The molecule has 0 spiro atoms. The van der Waals surface area contributed by atoms with Gasteiger partial charge in [-0.25, -0.2) is 0 Å². The number of unbranched alkanes of at least 4 members (excludes halogenated alkanes) is 1. The fourth-order valence-electron chi connectivity index (χ4n) is 11.0. The van der Waals surface area contributed by atoms with Crippen molar-refractivity contribution in [3.8, 4) is 0 Å². The van der Waals surface area contributed by atoms with Gasteiger partial charge in [-0.1, -0.05) is 74.5 Å². The van der Waals surface area contributed by atoms with Gasteiger partial charge in [0.15, 0.2) is 5.96 Å². The Kier molecular flexibility index (Phi) is 33.9. The highest BCUT2D eigenvalue weighted by Gasteiger charge is 2.42. The van der Waals surface area contributed by atoms with Gasteiger partial charge in [0.05, 0.1) is 12.6 Å². The molecule has 95 heavy (non-hydrogen) atoms. The Morgan fingerprint density at radius 1 is 0.537 bits per heavy atom. The Bertz CT molecular complexity index is 2960. The summed E-state index contributed by atoms with van der Waals surface area (Å²) >= 11 is 1.45. The first kappa shape index (κ1) is 78.5. The number of carbonyl (C=O) groups excluding carboxylic acids is 13. The lowest BCUT2D eigenvalue weighted by Gasteiger charge is -2.32. The van der Waals surface area contributed by atoms with Crippen molar-refractivity contribution in [2.45, 2.75) is 183 Å². The van der Waals surface area contributed by atoms with E-state index in [2.05, 4.69) is 47.5 Å². The van der Waals surface area contributed by atoms with Crippen molar-refractivity contribution in [2.75, 3.05) is 44.7 Å². The van der Waals surface area contributed by atoms with Crippen molar-refractivity contribution in [1.29, 1.82) is 0 Å². The van der Waals surface area contributed by atoms with Crippen LogP contribution in [0.25, 0.3) is 0 Å². The predicted molar refractivity (Wildman–Crippen MR) is 356 cm³/mol. The molecule has 13 amide bonds. The molecule has 2 aromatic carbocycles. The minimum atomic E-state index is -1.64. The molecule has 2 heterocycles. The summed E-state index contributed by atoms with van der Waals surface area (Å²) in [6, 6.07) is 4.51. The van der Waals surface area contributed by atoms with Gasteiger partial charge in [-0.05, 0) is 119 Å². The Hall–Kier alpha value is -8.91. The molecule has 0 aromatic heterocycles. The van der Waals surface area contributed by atoms with Gasteiger partial charge in [0.2, 0.25) is 76.8 Å². The maximum atomic E-state index is 14.7. The summed E-state index contributed by atoms with van der Waals surface area (Å²) in [7, 11) is 0. The molecule has 2 aliphatic rings. The normalized spacial score (nSPS) is 16.8. The summed E-state index contributed by atoms with van der Waals surface area (Å²) in [4.78, 5) is 185. The third-order valence-electron chi connectivity index (χ3n) is 16.0. The van der Waals surface area contributed by atoms with E-state index >= 15 is 0 Å². The van der Waals surface area contributed by atoms with Crippen LogP contribution in [0.4, 0.5) is 0 Å². The van der Waals surface area contributed by atoms with Gasteiger partial charge in [-0.2, -0.15) is 11.8 Å². The second-order valence-corrected chi connectivity index (χ2v) is 25.1. The molecule has 2 aliphatic heterocycles. The zero-order valence-electron chi connectivity index (χ0n) is 54.5. The van der Waals surface area contributed by atoms with E-state index in [0.717, 1.165) is 0 Å². The van der Waals surface area contributed by atoms with Crippen LogP contribution in [0.15, 0.2) is 65.7 Å². The number of aliphatic imine (C=N–C) groups is 1. The third-order valence-corrected chi connectivity index (χ3v) is 16.7. The van der Waals surface area contributed by atoms with E-state index in [0.29, 0.717) is 55.4 Å². The predicted octanol–water partition coefficient (Wildman–Crippen LogP) is -3.71. The van der Waals surface area contributed by atoms with Gasteiger partial charge in [0, 0.05) is 45.3 Å². The lowest BCUT2D eigenvalue weighted by molar-refractivity contribution is -0.144. The number of nitrogens with two attached hydrogens (primary N) is 7. The number of hydrogen-bond donors (Lipinski definition) is 15. The second-order valence-electron chi connectivity index (χ2n) is 24.1. The fourth-order valence-corrected chi connectivity index (χ4v) is 11.5. The summed E-state index contributed by atoms with van der Waals surface area (Å²) < 4.78 is 0. The number of carbonyl (C=O) groups is 13. The molecule has 2 fully saturated rings. The summed E-state index contributed by atoms with van der Waals surface area (Å²) in [6.45, 7) is 3.86. The Labute approximate surface area is 558 Å². The highest BCUT2D eigenvalue weighted by molar-refractivity contribution is 7.98. The largest absolute Gasteiger partial charge is 0.370 e. The van der Waals surface area contributed by atoms with Crippen molar-refractivity contribution in [1.82, 2.24) is 52.3 Å². The van der Waals surface area contributed by atoms with Gasteiger partial charge in [0.1, 0.15) is 54.4 Å². The first-order valence-electron chi connectivity index (χ1n) is 32.2. The lowest BCUT2D eigenvalue weighted by atomic mass is 10.0. The number of benzene rings is 2. The van der Waals surface area contributed by atoms with E-state index in [-0.39, 0.29) is 83.0 Å². The maximum Gasteiger partial charge on any atom is 0.245 e. The van der Waals surface area contributed by atoms with Crippen molar-refractivity contribution < 1.29 is 62.3 Å². The molecule has 0 unspecified atom stereocenters. The lowest BCUT2D eigenvalue weighted by Crippen LogP contribution is -2.60. The number of guanidine groups is 1. The summed E-state index contributed by atoms with van der Waals surface area (Å²) in [5.41, 5.74) is 40.6. The number of hydrogen-bond acceptors (Lipinski definition) is 17. The number of amides is 13. The highest BCUT2D eigenvalue weighted by atomic mass is 32.2. The minimum absolute atomic E-state index is 0.0736.